The Morgan fingerprint density at radius 2 is 1.22 bits per heavy atom. The minimum Gasteiger partial charge on any atom is -0.406 e. The zero-order valence-corrected chi connectivity index (χ0v) is 19.1. The maximum atomic E-state index is 6.57. The first-order valence-electron chi connectivity index (χ1n) is 8.38. The fourth-order valence-electron chi connectivity index (χ4n) is 2.74. The van der Waals surface area contributed by atoms with E-state index in [-0.39, 0.29) is 0 Å². The van der Waals surface area contributed by atoms with Crippen LogP contribution in [0.25, 0.3) is 0 Å². The molecule has 0 aromatic carbocycles. The van der Waals surface area contributed by atoms with Crippen LogP contribution >= 0.6 is 0 Å². The van der Waals surface area contributed by atoms with E-state index in [0.717, 1.165) is 0 Å². The fraction of sp³-hybridized carbons (Fsp3) is 0.333. The van der Waals surface area contributed by atoms with Gasteiger partial charge in [0, 0.05) is 0 Å². The Kier molecular flexibility index (Phi) is 8.80. The molecule has 0 heterocycles. The summed E-state index contributed by atoms with van der Waals surface area (Å²) in [6, 6.07) is 0. The molecule has 0 fully saturated rings. The van der Waals surface area contributed by atoms with Crippen LogP contribution in [0.3, 0.4) is 0 Å². The first-order chi connectivity index (χ1) is 12.4. The Bertz CT molecular complexity index is 868. The van der Waals surface area contributed by atoms with Crippen molar-refractivity contribution in [3.63, 3.8) is 0 Å². The van der Waals surface area contributed by atoms with Crippen LogP contribution in [0.2, 0.25) is 31.2 Å². The molecule has 1 nitrogen and oxygen atoms in total. The van der Waals surface area contributed by atoms with Gasteiger partial charge in [-0.3, -0.25) is 0 Å². The average Bonchev–Trinajstić information content (AvgIpc) is 2.59. The van der Waals surface area contributed by atoms with E-state index in [0.29, 0.717) is 0 Å². The lowest BCUT2D eigenvalue weighted by Crippen LogP contribution is -2.56. The molecule has 3 heteroatoms. The standard InChI is InChI=1S/C24H26OSi2/c1-11-15-17-19-21-24(26(7,8)13-3,22-20-18-16-12-2)23(5,6)25-27(9,10)14-4/h1-2,13-14H,3-4H2,5-10H3. The molecule has 0 radical (unpaired) electrons. The highest BCUT2D eigenvalue weighted by atomic mass is 28.4. The van der Waals surface area contributed by atoms with Gasteiger partial charge in [-0.05, 0) is 74.3 Å². The molecule has 0 aromatic rings. The van der Waals surface area contributed by atoms with Crippen LogP contribution in [0.15, 0.2) is 24.6 Å². The summed E-state index contributed by atoms with van der Waals surface area (Å²) >= 11 is 0. The van der Waals surface area contributed by atoms with Crippen molar-refractivity contribution in [1.29, 1.82) is 0 Å². The highest BCUT2D eigenvalue weighted by Crippen LogP contribution is 2.50. The molecular weight excluding hydrogens is 360 g/mol. The van der Waals surface area contributed by atoms with Crippen LogP contribution in [-0.2, 0) is 4.43 Å². The summed E-state index contributed by atoms with van der Waals surface area (Å²) in [5.41, 5.74) is 3.11. The summed E-state index contributed by atoms with van der Waals surface area (Å²) in [5, 5.41) is -0.832. The fourth-order valence-corrected chi connectivity index (χ4v) is 7.08. The lowest BCUT2D eigenvalue weighted by atomic mass is 9.90. The molecule has 0 spiro atoms. The Morgan fingerprint density at radius 3 is 1.56 bits per heavy atom. The second kappa shape index (κ2) is 9.80. The van der Waals surface area contributed by atoms with Gasteiger partial charge >= 0.3 is 0 Å². The number of hydrogen-bond acceptors (Lipinski definition) is 1. The molecule has 27 heavy (non-hydrogen) atoms. The molecule has 0 saturated heterocycles. The molecular formula is C24H26OSi2. The first-order valence-corrected chi connectivity index (χ1v) is 14.4. The predicted molar refractivity (Wildman–Crippen MR) is 122 cm³/mol. The van der Waals surface area contributed by atoms with Crippen LogP contribution in [0.1, 0.15) is 13.8 Å². The van der Waals surface area contributed by atoms with Gasteiger partial charge < -0.3 is 4.43 Å². The summed E-state index contributed by atoms with van der Waals surface area (Å²) in [7, 11) is -4.43. The van der Waals surface area contributed by atoms with Gasteiger partial charge in [-0.1, -0.05) is 36.3 Å². The predicted octanol–water partition coefficient (Wildman–Crippen LogP) is 4.17. The van der Waals surface area contributed by atoms with E-state index in [4.69, 9.17) is 17.3 Å². The lowest BCUT2D eigenvalue weighted by molar-refractivity contribution is 0.0867. The Morgan fingerprint density at radius 1 is 0.778 bits per heavy atom. The van der Waals surface area contributed by atoms with Crippen molar-refractivity contribution in [2.75, 3.05) is 0 Å². The van der Waals surface area contributed by atoms with Gasteiger partial charge in [-0.15, -0.1) is 26.0 Å². The summed E-state index contributed by atoms with van der Waals surface area (Å²) < 4.78 is 6.57. The largest absolute Gasteiger partial charge is 0.406 e. The summed E-state index contributed by atoms with van der Waals surface area (Å²) in [6.45, 7) is 20.4. The molecule has 0 aromatic heterocycles. The number of hydrogen-bond donors (Lipinski definition) is 0. The molecule has 0 aliphatic rings. The van der Waals surface area contributed by atoms with E-state index in [9.17, 15) is 0 Å². The molecule has 0 bridgehead atoms. The molecule has 0 N–H and O–H groups in total. The lowest BCUT2D eigenvalue weighted by Gasteiger charge is -2.49. The van der Waals surface area contributed by atoms with E-state index in [2.05, 4.69) is 98.6 Å². The van der Waals surface area contributed by atoms with Crippen molar-refractivity contribution in [3.05, 3.63) is 24.6 Å². The molecule has 0 unspecified atom stereocenters. The second-order valence-corrected chi connectivity index (χ2v) is 15.8. The van der Waals surface area contributed by atoms with Crippen molar-refractivity contribution in [2.45, 2.75) is 50.7 Å². The van der Waals surface area contributed by atoms with E-state index < -0.39 is 27.0 Å². The maximum Gasteiger partial charge on any atom is 0.211 e. The number of rotatable bonds is 6. The van der Waals surface area contributed by atoms with Gasteiger partial charge in [0.1, 0.15) is 13.1 Å². The molecule has 0 aliphatic carbocycles. The quantitative estimate of drug-likeness (QED) is 0.492. The summed E-state index contributed by atoms with van der Waals surface area (Å²) in [4.78, 5) is 0. The SMILES string of the molecule is C#CC#CC#CC(C#CC#CC#C)(C(C)(C)O[Si](C)(C)C=C)[Si](C)(C)C=C. The molecule has 0 rings (SSSR count). The molecule has 136 valence electrons. The van der Waals surface area contributed by atoms with Crippen LogP contribution in [0, 0.1) is 72.1 Å². The molecule has 0 amide bonds. The third-order valence-corrected chi connectivity index (χ3v) is 10.1. The van der Waals surface area contributed by atoms with Crippen LogP contribution < -0.4 is 0 Å². The maximum absolute atomic E-state index is 6.57. The topological polar surface area (TPSA) is 9.23 Å². The highest BCUT2D eigenvalue weighted by molar-refractivity contribution is 6.87. The van der Waals surface area contributed by atoms with Gasteiger partial charge in [0.05, 0.1) is 5.60 Å². The van der Waals surface area contributed by atoms with Gasteiger partial charge in [-0.25, -0.2) is 0 Å². The van der Waals surface area contributed by atoms with Gasteiger partial charge in [0.2, 0.25) is 8.32 Å². The minimum atomic E-state index is -2.28. The average molecular weight is 387 g/mol. The van der Waals surface area contributed by atoms with Crippen molar-refractivity contribution < 1.29 is 4.43 Å². The zero-order valence-electron chi connectivity index (χ0n) is 17.1. The molecule has 0 aliphatic heterocycles. The monoisotopic (exact) mass is 386 g/mol. The van der Waals surface area contributed by atoms with Crippen molar-refractivity contribution in [2.24, 2.45) is 0 Å². The van der Waals surface area contributed by atoms with Crippen LogP contribution in [0.5, 0.6) is 0 Å². The number of terminal acetylenes is 2. The normalized spacial score (nSPS) is 10.5. The van der Waals surface area contributed by atoms with Crippen molar-refractivity contribution >= 4 is 16.4 Å². The van der Waals surface area contributed by atoms with Crippen molar-refractivity contribution in [3.8, 4) is 72.1 Å². The van der Waals surface area contributed by atoms with E-state index >= 15 is 0 Å². The van der Waals surface area contributed by atoms with Crippen LogP contribution in [0.4, 0.5) is 0 Å². The third-order valence-electron chi connectivity index (χ3n) is 4.28. The summed E-state index contributed by atoms with van der Waals surface area (Å²) in [6.07, 6.45) is 10.4. The van der Waals surface area contributed by atoms with Crippen molar-refractivity contribution in [1.82, 2.24) is 0 Å². The van der Waals surface area contributed by atoms with E-state index in [1.54, 1.807) is 0 Å². The first kappa shape index (κ1) is 24.2. The molecule has 0 saturated carbocycles. The Labute approximate surface area is 168 Å². The van der Waals surface area contributed by atoms with Gasteiger partial charge in [0.25, 0.3) is 0 Å². The Balaban J connectivity index is 6.95. The third kappa shape index (κ3) is 6.16. The molecule has 0 atom stereocenters. The second-order valence-electron chi connectivity index (χ2n) is 7.38. The Hall–Kier alpha value is -2.77. The minimum absolute atomic E-state index is 0.726. The van der Waals surface area contributed by atoms with E-state index in [1.807, 2.05) is 25.2 Å². The van der Waals surface area contributed by atoms with E-state index in [1.165, 1.54) is 0 Å². The smallest absolute Gasteiger partial charge is 0.211 e. The highest BCUT2D eigenvalue weighted by Gasteiger charge is 2.55. The van der Waals surface area contributed by atoms with Gasteiger partial charge in [-0.2, -0.15) is 0 Å². The summed E-state index contributed by atoms with van der Waals surface area (Å²) in [5.74, 6) is 27.2. The van der Waals surface area contributed by atoms with Gasteiger partial charge in [0.15, 0.2) is 0 Å². The van der Waals surface area contributed by atoms with Crippen LogP contribution in [-0.4, -0.2) is 22.0 Å². The zero-order chi connectivity index (χ0) is 21.2.